The monoisotopic (exact) mass is 767 g/mol. The Hall–Kier alpha value is -5.31. The molecule has 302 valence electrons. The largest absolute Gasteiger partial charge is 0.480 e. The Kier molecular flexibility index (Phi) is 18.0. The molecule has 1 aromatic carbocycles. The van der Waals surface area contributed by atoms with Gasteiger partial charge in [-0.25, -0.2) is 9.59 Å². The summed E-state index contributed by atoms with van der Waals surface area (Å²) in [6.07, 6.45) is 6.37. The number of rotatable bonds is 10. The highest BCUT2D eigenvalue weighted by Gasteiger charge is 2.37. The topological polar surface area (TPSA) is 221 Å². The molecular formula is C40H57N5O10. The van der Waals surface area contributed by atoms with Crippen molar-refractivity contribution in [2.24, 2.45) is 23.7 Å². The van der Waals surface area contributed by atoms with Gasteiger partial charge in [-0.2, -0.15) is 0 Å². The number of carbonyl (C=O) groups excluding carboxylic acids is 5. The van der Waals surface area contributed by atoms with Crippen LogP contribution in [0.15, 0.2) is 65.9 Å². The van der Waals surface area contributed by atoms with Crippen LogP contribution in [0.5, 0.6) is 0 Å². The minimum atomic E-state index is -1.75. The molecule has 0 bridgehead atoms. The minimum absolute atomic E-state index is 0.0384. The molecule has 0 spiro atoms. The fraction of sp³-hybridized carbons (Fsp3) is 0.525. The second-order valence-electron chi connectivity index (χ2n) is 14.3. The van der Waals surface area contributed by atoms with E-state index in [4.69, 9.17) is 4.74 Å². The van der Waals surface area contributed by atoms with Gasteiger partial charge < -0.3 is 41.1 Å². The van der Waals surface area contributed by atoms with Gasteiger partial charge in [-0.1, -0.05) is 94.8 Å². The van der Waals surface area contributed by atoms with Crippen molar-refractivity contribution in [3.63, 3.8) is 0 Å². The van der Waals surface area contributed by atoms with Gasteiger partial charge in [-0.3, -0.25) is 24.0 Å². The number of allylic oxidation sites excluding steroid dienone is 3. The van der Waals surface area contributed by atoms with Crippen molar-refractivity contribution < 1.29 is 48.5 Å². The predicted octanol–water partition coefficient (Wildman–Crippen LogP) is 2.58. The van der Waals surface area contributed by atoms with E-state index in [9.17, 15) is 43.8 Å². The van der Waals surface area contributed by atoms with Crippen LogP contribution in [0.4, 0.5) is 0 Å². The highest BCUT2D eigenvalue weighted by Crippen LogP contribution is 2.19. The van der Waals surface area contributed by atoms with Crippen molar-refractivity contribution in [2.45, 2.75) is 98.0 Å². The first-order valence-electron chi connectivity index (χ1n) is 18.4. The van der Waals surface area contributed by atoms with Gasteiger partial charge in [-0.15, -0.1) is 0 Å². The van der Waals surface area contributed by atoms with Crippen molar-refractivity contribution in [3.05, 3.63) is 71.5 Å². The highest BCUT2D eigenvalue weighted by atomic mass is 16.5. The smallest absolute Gasteiger partial charge is 0.327 e. The lowest BCUT2D eigenvalue weighted by molar-refractivity contribution is -0.146. The number of likely N-dealkylation sites (N-methyl/N-ethyl adjacent to an activating group) is 1. The summed E-state index contributed by atoms with van der Waals surface area (Å²) in [5.41, 5.74) is 1.66. The summed E-state index contributed by atoms with van der Waals surface area (Å²) in [4.78, 5) is 92.8. The molecule has 0 aliphatic carbocycles. The molecule has 15 heteroatoms. The molecule has 1 aliphatic rings. The van der Waals surface area contributed by atoms with Gasteiger partial charge in [0.2, 0.25) is 23.6 Å². The number of amides is 5. The summed E-state index contributed by atoms with van der Waals surface area (Å²) in [6.45, 7) is 11.4. The summed E-state index contributed by atoms with van der Waals surface area (Å²) >= 11 is 0. The molecular weight excluding hydrogens is 710 g/mol. The van der Waals surface area contributed by atoms with Gasteiger partial charge in [0, 0.05) is 26.5 Å². The Labute approximate surface area is 323 Å². The maximum Gasteiger partial charge on any atom is 0.327 e. The molecule has 0 radical (unpaired) electrons. The van der Waals surface area contributed by atoms with E-state index in [2.05, 4.69) is 21.3 Å². The number of carboxylic acid groups (broad SMARTS) is 2. The number of nitrogens with zero attached hydrogens (tertiary/aromatic N) is 1. The van der Waals surface area contributed by atoms with Crippen LogP contribution in [0.25, 0.3) is 0 Å². The van der Waals surface area contributed by atoms with Crippen LogP contribution in [-0.2, 0) is 44.7 Å². The van der Waals surface area contributed by atoms with Crippen molar-refractivity contribution in [3.8, 4) is 0 Å². The zero-order valence-electron chi connectivity index (χ0n) is 33.1. The number of carboxylic acids is 2. The van der Waals surface area contributed by atoms with Gasteiger partial charge >= 0.3 is 11.9 Å². The maximum atomic E-state index is 13.9. The van der Waals surface area contributed by atoms with Crippen LogP contribution in [0.3, 0.4) is 0 Å². The number of hydrogen-bond acceptors (Lipinski definition) is 8. The summed E-state index contributed by atoms with van der Waals surface area (Å²) in [6, 6.07) is 4.42. The van der Waals surface area contributed by atoms with Gasteiger partial charge in [-0.05, 0) is 38.2 Å². The molecule has 8 atom stereocenters. The molecule has 2 rings (SSSR count). The number of aliphatic carboxylic acids is 2. The quantitative estimate of drug-likeness (QED) is 0.151. The fourth-order valence-electron chi connectivity index (χ4n) is 6.11. The van der Waals surface area contributed by atoms with E-state index in [0.29, 0.717) is 6.42 Å². The maximum absolute atomic E-state index is 13.9. The van der Waals surface area contributed by atoms with Crippen molar-refractivity contribution >= 4 is 41.5 Å². The average molecular weight is 768 g/mol. The SMILES string of the molecule is C/C=C1\C(=O)NC(C(=O)O)[C@H](C)C(=O)NC(C(C)C)C(=O)NC(/C=C/C(C)=C/[C@H](C)[C@H](Cc2ccccc2)OC)[C@@H](C)C(=O)N[C@@H](C(=O)O)CCC(=O)N1C. The van der Waals surface area contributed by atoms with Gasteiger partial charge in [0.25, 0.3) is 5.91 Å². The lowest BCUT2D eigenvalue weighted by Gasteiger charge is -2.29. The zero-order valence-corrected chi connectivity index (χ0v) is 33.1. The van der Waals surface area contributed by atoms with E-state index in [1.54, 1.807) is 33.1 Å². The number of carbonyl (C=O) groups is 7. The van der Waals surface area contributed by atoms with E-state index in [1.807, 2.05) is 50.3 Å². The zero-order chi connectivity index (χ0) is 41.6. The Bertz CT molecular complexity index is 1640. The first-order chi connectivity index (χ1) is 25.8. The lowest BCUT2D eigenvalue weighted by atomic mass is 9.94. The first kappa shape index (κ1) is 45.8. The van der Waals surface area contributed by atoms with Crippen molar-refractivity contribution in [1.29, 1.82) is 0 Å². The third kappa shape index (κ3) is 13.5. The molecule has 1 fully saturated rings. The van der Waals surface area contributed by atoms with Crippen LogP contribution in [0, 0.1) is 23.7 Å². The number of ether oxygens (including phenoxy) is 1. The molecule has 3 unspecified atom stereocenters. The molecule has 55 heavy (non-hydrogen) atoms. The molecule has 15 nitrogen and oxygen atoms in total. The third-order valence-electron chi connectivity index (χ3n) is 9.74. The van der Waals surface area contributed by atoms with E-state index in [-0.39, 0.29) is 24.1 Å². The van der Waals surface area contributed by atoms with Crippen LogP contribution in [0.1, 0.15) is 66.9 Å². The van der Waals surface area contributed by atoms with Gasteiger partial charge in [0.1, 0.15) is 23.8 Å². The standard InChI is InChI=1S/C40H57N5O10/c1-10-30-37(49)44-34(40(53)54)26(7)36(48)43-33(22(2)3)38(50)41-28(25(6)35(47)42-29(39(51)52)18-19-32(46)45(30)8)17-16-23(4)20-24(5)31(55-9)21-27-14-12-11-13-15-27/h10-17,20,22,24-26,28-29,31,33-34H,18-19,21H2,1-9H3,(H,41,50)(H,42,47)(H,43,48)(H,44,49)(H,51,52)(H,53,54)/b17-16+,23-20+,30-10+/t24-,25+,26-,28?,29+,31-,33?,34?/m0/s1. The molecule has 1 aromatic rings. The molecule has 0 saturated carbocycles. The van der Waals surface area contributed by atoms with Crippen molar-refractivity contribution in [1.82, 2.24) is 26.2 Å². The first-order valence-corrected chi connectivity index (χ1v) is 18.4. The summed E-state index contributed by atoms with van der Waals surface area (Å²) in [5, 5.41) is 30.1. The van der Waals surface area contributed by atoms with E-state index in [1.165, 1.54) is 33.9 Å². The second kappa shape index (κ2) is 21.5. The van der Waals surface area contributed by atoms with Gasteiger partial charge in [0.05, 0.1) is 24.0 Å². The molecule has 1 heterocycles. The molecule has 1 aliphatic heterocycles. The fourth-order valence-corrected chi connectivity index (χ4v) is 6.11. The summed E-state index contributed by atoms with van der Waals surface area (Å²) in [5.74, 6) is -9.82. The lowest BCUT2D eigenvalue weighted by Crippen LogP contribution is -2.57. The van der Waals surface area contributed by atoms with Gasteiger partial charge in [0.15, 0.2) is 0 Å². The van der Waals surface area contributed by atoms with Crippen LogP contribution >= 0.6 is 0 Å². The van der Waals surface area contributed by atoms with E-state index in [0.717, 1.165) is 16.0 Å². The summed E-state index contributed by atoms with van der Waals surface area (Å²) in [7, 11) is 2.91. The second-order valence-corrected chi connectivity index (χ2v) is 14.3. The summed E-state index contributed by atoms with van der Waals surface area (Å²) < 4.78 is 5.78. The van der Waals surface area contributed by atoms with Crippen LogP contribution in [-0.4, -0.2) is 101 Å². The Morgan fingerprint density at radius 2 is 1.53 bits per heavy atom. The van der Waals surface area contributed by atoms with Crippen LogP contribution in [0.2, 0.25) is 0 Å². The molecule has 0 aromatic heterocycles. The van der Waals surface area contributed by atoms with E-state index < -0.39 is 89.8 Å². The Morgan fingerprint density at radius 3 is 2.07 bits per heavy atom. The third-order valence-corrected chi connectivity index (χ3v) is 9.74. The number of hydrogen-bond donors (Lipinski definition) is 6. The van der Waals surface area contributed by atoms with Crippen molar-refractivity contribution in [2.75, 3.05) is 14.2 Å². The van der Waals surface area contributed by atoms with E-state index >= 15 is 0 Å². The molecule has 5 amide bonds. The predicted molar refractivity (Wildman–Crippen MR) is 205 cm³/mol. The van der Waals surface area contributed by atoms with Crippen LogP contribution < -0.4 is 21.3 Å². The number of nitrogens with one attached hydrogen (secondary N) is 4. The Morgan fingerprint density at radius 1 is 0.909 bits per heavy atom. The highest BCUT2D eigenvalue weighted by molar-refractivity contribution is 6.00. The normalized spacial score (nSPS) is 26.3. The number of methoxy groups -OCH3 is 1. The number of benzene rings is 1. The molecule has 6 N–H and O–H groups in total. The average Bonchev–Trinajstić information content (AvgIpc) is 3.13. The Balaban J connectivity index is 2.57. The molecule has 1 saturated heterocycles. The minimum Gasteiger partial charge on any atom is -0.480 e.